The van der Waals surface area contributed by atoms with Crippen molar-refractivity contribution in [1.29, 1.82) is 0 Å². The molecule has 110 valence electrons. The lowest BCUT2D eigenvalue weighted by atomic mass is 10.2. The van der Waals surface area contributed by atoms with Gasteiger partial charge in [0.2, 0.25) is 0 Å². The van der Waals surface area contributed by atoms with Gasteiger partial charge in [0.1, 0.15) is 6.61 Å². The van der Waals surface area contributed by atoms with Crippen LogP contribution in [0.25, 0.3) is 0 Å². The smallest absolute Gasteiger partial charge is 0.320 e. The van der Waals surface area contributed by atoms with Crippen LogP contribution in [0.3, 0.4) is 0 Å². The van der Waals surface area contributed by atoms with Gasteiger partial charge < -0.3 is 9.47 Å². The number of carbonyl (C=O) groups is 2. The van der Waals surface area contributed by atoms with Crippen molar-refractivity contribution >= 4 is 11.9 Å². The number of rotatable bonds is 8. The summed E-state index contributed by atoms with van der Waals surface area (Å²) in [5.74, 6) is -0.565. The van der Waals surface area contributed by atoms with Crippen LogP contribution in [-0.2, 0) is 25.7 Å². The molecule has 0 atom stereocenters. The number of carbonyl (C=O) groups excluding carboxylic acids is 2. The number of ether oxygens (including phenoxy) is 2. The van der Waals surface area contributed by atoms with Gasteiger partial charge in [-0.1, -0.05) is 30.3 Å². The SMILES string of the molecule is CN(C)CC(=O)OCCCC(=O)OCc1ccccc1. The molecule has 1 aromatic carbocycles. The second-order valence-corrected chi connectivity index (χ2v) is 4.71. The molecule has 0 saturated carbocycles. The Kier molecular flexibility index (Phi) is 7.35. The number of nitrogens with zero attached hydrogens (tertiary/aromatic N) is 1. The van der Waals surface area contributed by atoms with Gasteiger partial charge in [-0.2, -0.15) is 0 Å². The van der Waals surface area contributed by atoms with Crippen molar-refractivity contribution in [3.05, 3.63) is 35.9 Å². The van der Waals surface area contributed by atoms with Gasteiger partial charge in [0.15, 0.2) is 0 Å². The van der Waals surface area contributed by atoms with Crippen molar-refractivity contribution < 1.29 is 19.1 Å². The highest BCUT2D eigenvalue weighted by Crippen LogP contribution is 2.02. The molecule has 0 radical (unpaired) electrons. The predicted octanol–water partition coefficient (Wildman–Crippen LogP) is 1.61. The first-order chi connectivity index (χ1) is 9.58. The van der Waals surface area contributed by atoms with Crippen LogP contribution in [0.15, 0.2) is 30.3 Å². The average molecular weight is 279 g/mol. The second-order valence-electron chi connectivity index (χ2n) is 4.71. The van der Waals surface area contributed by atoms with E-state index in [0.717, 1.165) is 5.56 Å². The van der Waals surface area contributed by atoms with Gasteiger partial charge in [0.05, 0.1) is 13.2 Å². The minimum absolute atomic E-state index is 0.243. The molecule has 1 rings (SSSR count). The van der Waals surface area contributed by atoms with Crippen LogP contribution < -0.4 is 0 Å². The second kappa shape index (κ2) is 9.09. The van der Waals surface area contributed by atoms with Gasteiger partial charge in [-0.05, 0) is 26.1 Å². The summed E-state index contributed by atoms with van der Waals surface area (Å²) in [4.78, 5) is 24.4. The average Bonchev–Trinajstić information content (AvgIpc) is 2.42. The number of hydrogen-bond donors (Lipinski definition) is 0. The van der Waals surface area contributed by atoms with Gasteiger partial charge in [-0.25, -0.2) is 0 Å². The molecule has 0 N–H and O–H groups in total. The van der Waals surface area contributed by atoms with Gasteiger partial charge in [-0.15, -0.1) is 0 Å². The monoisotopic (exact) mass is 279 g/mol. The summed E-state index contributed by atoms with van der Waals surface area (Å²) in [7, 11) is 3.59. The van der Waals surface area contributed by atoms with Crippen LogP contribution in [0, 0.1) is 0 Å². The van der Waals surface area contributed by atoms with E-state index in [2.05, 4.69) is 0 Å². The molecular formula is C15H21NO4. The highest BCUT2D eigenvalue weighted by Gasteiger charge is 2.06. The molecule has 0 heterocycles. The minimum Gasteiger partial charge on any atom is -0.465 e. The first-order valence-electron chi connectivity index (χ1n) is 6.58. The summed E-state index contributed by atoms with van der Waals surface area (Å²) in [6, 6.07) is 9.50. The van der Waals surface area contributed by atoms with Crippen molar-refractivity contribution in [2.45, 2.75) is 19.4 Å². The fraction of sp³-hybridized carbons (Fsp3) is 0.467. The quantitative estimate of drug-likeness (QED) is 0.534. The molecule has 0 spiro atoms. The summed E-state index contributed by atoms with van der Waals surface area (Å²) in [6.07, 6.45) is 0.731. The van der Waals surface area contributed by atoms with Crippen LogP contribution in [-0.4, -0.2) is 44.1 Å². The van der Waals surface area contributed by atoms with Gasteiger partial charge in [0.25, 0.3) is 0 Å². The molecule has 0 fully saturated rings. The van der Waals surface area contributed by atoms with Gasteiger partial charge in [-0.3, -0.25) is 14.5 Å². The molecule has 5 nitrogen and oxygen atoms in total. The van der Waals surface area contributed by atoms with Crippen LogP contribution in [0.5, 0.6) is 0 Å². The molecule has 0 bridgehead atoms. The highest BCUT2D eigenvalue weighted by molar-refractivity contribution is 5.71. The van der Waals surface area contributed by atoms with E-state index in [1.165, 1.54) is 0 Å². The molecule has 0 aromatic heterocycles. The fourth-order valence-corrected chi connectivity index (χ4v) is 1.52. The van der Waals surface area contributed by atoms with Crippen LogP contribution in [0.2, 0.25) is 0 Å². The summed E-state index contributed by atoms with van der Waals surface area (Å²) in [6.45, 7) is 0.769. The number of hydrogen-bond acceptors (Lipinski definition) is 5. The lowest BCUT2D eigenvalue weighted by molar-refractivity contribution is -0.148. The molecule has 5 heteroatoms. The maximum absolute atomic E-state index is 11.5. The zero-order valence-corrected chi connectivity index (χ0v) is 12.0. The zero-order valence-electron chi connectivity index (χ0n) is 12.0. The van der Waals surface area contributed by atoms with Gasteiger partial charge in [0, 0.05) is 6.42 Å². The van der Waals surface area contributed by atoms with E-state index >= 15 is 0 Å². The summed E-state index contributed by atoms with van der Waals surface area (Å²) >= 11 is 0. The Hall–Kier alpha value is -1.88. The van der Waals surface area contributed by atoms with E-state index in [1.807, 2.05) is 30.3 Å². The van der Waals surface area contributed by atoms with E-state index in [1.54, 1.807) is 19.0 Å². The van der Waals surface area contributed by atoms with E-state index in [-0.39, 0.29) is 38.1 Å². The fourth-order valence-electron chi connectivity index (χ4n) is 1.52. The molecule has 1 aromatic rings. The first kappa shape index (κ1) is 16.2. The van der Waals surface area contributed by atoms with Crippen LogP contribution in [0.1, 0.15) is 18.4 Å². The number of likely N-dealkylation sites (N-methyl/N-ethyl adjacent to an activating group) is 1. The third kappa shape index (κ3) is 7.53. The largest absolute Gasteiger partial charge is 0.465 e. The Labute approximate surface area is 119 Å². The van der Waals surface area contributed by atoms with E-state index in [0.29, 0.717) is 6.42 Å². The molecule has 20 heavy (non-hydrogen) atoms. The minimum atomic E-state index is -0.285. The number of benzene rings is 1. The Morgan fingerprint density at radius 3 is 2.40 bits per heavy atom. The summed E-state index contributed by atoms with van der Waals surface area (Å²) in [5.41, 5.74) is 0.957. The lowest BCUT2D eigenvalue weighted by Crippen LogP contribution is -2.24. The third-order valence-electron chi connectivity index (χ3n) is 2.48. The molecule has 0 aliphatic rings. The predicted molar refractivity (Wildman–Crippen MR) is 75.0 cm³/mol. The Balaban J connectivity index is 2.07. The van der Waals surface area contributed by atoms with E-state index in [4.69, 9.17) is 9.47 Å². The molecule has 0 aliphatic carbocycles. The normalized spacial score (nSPS) is 10.3. The maximum atomic E-state index is 11.5. The Morgan fingerprint density at radius 2 is 1.75 bits per heavy atom. The van der Waals surface area contributed by atoms with Crippen molar-refractivity contribution in [3.63, 3.8) is 0 Å². The maximum Gasteiger partial charge on any atom is 0.320 e. The number of esters is 2. The van der Waals surface area contributed by atoms with Crippen LogP contribution in [0.4, 0.5) is 0 Å². The Bertz CT molecular complexity index is 417. The molecular weight excluding hydrogens is 258 g/mol. The Morgan fingerprint density at radius 1 is 1.05 bits per heavy atom. The topological polar surface area (TPSA) is 55.8 Å². The summed E-state index contributed by atoms with van der Waals surface area (Å²) < 4.78 is 10.1. The van der Waals surface area contributed by atoms with E-state index < -0.39 is 0 Å². The van der Waals surface area contributed by atoms with Crippen molar-refractivity contribution in [2.75, 3.05) is 27.2 Å². The highest BCUT2D eigenvalue weighted by atomic mass is 16.5. The lowest BCUT2D eigenvalue weighted by Gasteiger charge is -2.09. The molecule has 0 aliphatic heterocycles. The third-order valence-corrected chi connectivity index (χ3v) is 2.48. The molecule has 0 saturated heterocycles. The van der Waals surface area contributed by atoms with Crippen LogP contribution >= 0.6 is 0 Å². The zero-order chi connectivity index (χ0) is 14.8. The van der Waals surface area contributed by atoms with Crippen molar-refractivity contribution in [2.24, 2.45) is 0 Å². The first-order valence-corrected chi connectivity index (χ1v) is 6.58. The standard InChI is InChI=1S/C15H21NO4/c1-16(2)11-15(18)19-10-6-9-14(17)20-12-13-7-4-3-5-8-13/h3-5,7-8H,6,9-12H2,1-2H3. The molecule has 0 amide bonds. The molecule has 0 unspecified atom stereocenters. The van der Waals surface area contributed by atoms with E-state index in [9.17, 15) is 9.59 Å². The van der Waals surface area contributed by atoms with Crippen molar-refractivity contribution in [1.82, 2.24) is 4.90 Å². The summed E-state index contributed by atoms with van der Waals surface area (Å²) in [5, 5.41) is 0. The van der Waals surface area contributed by atoms with Gasteiger partial charge >= 0.3 is 11.9 Å². The van der Waals surface area contributed by atoms with Crippen molar-refractivity contribution in [3.8, 4) is 0 Å².